The molecule has 2 atom stereocenters. The molecule has 16 heavy (non-hydrogen) atoms. The molecule has 0 aromatic carbocycles. The Hall–Kier alpha value is -0.610. The van der Waals surface area contributed by atoms with Gasteiger partial charge in [0.1, 0.15) is 0 Å². The summed E-state index contributed by atoms with van der Waals surface area (Å²) >= 11 is 0. The van der Waals surface area contributed by atoms with Crippen LogP contribution in [-0.4, -0.2) is 37.7 Å². The molecule has 1 saturated heterocycles. The minimum atomic E-state index is -0.117. The van der Waals surface area contributed by atoms with E-state index in [9.17, 15) is 4.79 Å². The fourth-order valence-electron chi connectivity index (χ4n) is 1.83. The van der Waals surface area contributed by atoms with Gasteiger partial charge in [0.2, 0.25) is 5.91 Å². The Kier molecular flexibility index (Phi) is 6.42. The molecule has 1 heterocycles. The van der Waals surface area contributed by atoms with Crippen LogP contribution in [0.2, 0.25) is 0 Å². The van der Waals surface area contributed by atoms with Gasteiger partial charge in [-0.15, -0.1) is 0 Å². The molecule has 0 aliphatic carbocycles. The number of nitrogens with one attached hydrogen (secondary N) is 2. The molecule has 1 fully saturated rings. The number of unbranched alkanes of at least 4 members (excludes halogenated alkanes) is 2. The van der Waals surface area contributed by atoms with Crippen molar-refractivity contribution in [3.05, 3.63) is 0 Å². The van der Waals surface area contributed by atoms with Gasteiger partial charge in [0, 0.05) is 19.2 Å². The molecular formula is C12H24N2O2. The molecule has 4 nitrogen and oxygen atoms in total. The molecule has 1 aliphatic rings. The van der Waals surface area contributed by atoms with Crippen LogP contribution in [0.25, 0.3) is 0 Å². The Labute approximate surface area is 98.1 Å². The summed E-state index contributed by atoms with van der Waals surface area (Å²) in [5.74, 6) is 0.100. The predicted octanol–water partition coefficient (Wildman–Crippen LogP) is 1.06. The van der Waals surface area contributed by atoms with Crippen LogP contribution in [0.5, 0.6) is 0 Å². The third kappa shape index (κ3) is 4.94. The lowest BCUT2D eigenvalue weighted by Crippen LogP contribution is -2.47. The average Bonchev–Trinajstić information content (AvgIpc) is 2.76. The molecule has 2 unspecified atom stereocenters. The van der Waals surface area contributed by atoms with Gasteiger partial charge in [-0.2, -0.15) is 0 Å². The van der Waals surface area contributed by atoms with Crippen molar-refractivity contribution in [2.45, 2.75) is 51.6 Å². The Morgan fingerprint density at radius 1 is 1.50 bits per heavy atom. The number of rotatable bonds is 7. The Morgan fingerprint density at radius 3 is 2.94 bits per heavy atom. The molecule has 1 rings (SSSR count). The highest BCUT2D eigenvalue weighted by Gasteiger charge is 2.20. The van der Waals surface area contributed by atoms with Crippen LogP contribution in [0.1, 0.15) is 39.5 Å². The van der Waals surface area contributed by atoms with E-state index in [2.05, 4.69) is 17.6 Å². The largest absolute Gasteiger partial charge is 0.380 e. The predicted molar refractivity (Wildman–Crippen MR) is 64.4 cm³/mol. The van der Waals surface area contributed by atoms with E-state index >= 15 is 0 Å². The molecule has 0 radical (unpaired) electrons. The van der Waals surface area contributed by atoms with Crippen molar-refractivity contribution < 1.29 is 9.53 Å². The summed E-state index contributed by atoms with van der Waals surface area (Å²) in [6.07, 6.45) is 4.44. The van der Waals surface area contributed by atoms with Crippen LogP contribution in [-0.2, 0) is 9.53 Å². The van der Waals surface area contributed by atoms with Crippen molar-refractivity contribution >= 4 is 5.91 Å². The van der Waals surface area contributed by atoms with E-state index in [1.807, 2.05) is 6.92 Å². The van der Waals surface area contributed by atoms with Gasteiger partial charge in [-0.05, 0) is 19.8 Å². The molecule has 94 valence electrons. The fraction of sp³-hybridized carbons (Fsp3) is 0.917. The SMILES string of the molecule is CCCCCNC(=O)C(C)NC1CCOC1. The number of amides is 1. The van der Waals surface area contributed by atoms with Gasteiger partial charge in [-0.25, -0.2) is 0 Å². The molecule has 0 aromatic rings. The van der Waals surface area contributed by atoms with Gasteiger partial charge in [-0.1, -0.05) is 19.8 Å². The number of hydrogen-bond donors (Lipinski definition) is 2. The summed E-state index contributed by atoms with van der Waals surface area (Å²) in [5, 5.41) is 6.23. The second-order valence-corrected chi connectivity index (χ2v) is 4.45. The van der Waals surface area contributed by atoms with Crippen LogP contribution < -0.4 is 10.6 Å². The summed E-state index contributed by atoms with van der Waals surface area (Å²) in [7, 11) is 0. The van der Waals surface area contributed by atoms with E-state index in [0.717, 1.165) is 32.6 Å². The second kappa shape index (κ2) is 7.63. The van der Waals surface area contributed by atoms with Crippen molar-refractivity contribution in [1.82, 2.24) is 10.6 Å². The molecule has 0 bridgehead atoms. The Morgan fingerprint density at radius 2 is 2.31 bits per heavy atom. The fourth-order valence-corrected chi connectivity index (χ4v) is 1.83. The van der Waals surface area contributed by atoms with Gasteiger partial charge < -0.3 is 15.4 Å². The number of ether oxygens (including phenoxy) is 1. The number of carbonyl (C=O) groups excluding carboxylic acids is 1. The van der Waals surface area contributed by atoms with Crippen molar-refractivity contribution in [1.29, 1.82) is 0 Å². The first-order chi connectivity index (χ1) is 7.74. The minimum Gasteiger partial charge on any atom is -0.380 e. The zero-order valence-electron chi connectivity index (χ0n) is 10.4. The van der Waals surface area contributed by atoms with E-state index in [4.69, 9.17) is 4.74 Å². The molecular weight excluding hydrogens is 204 g/mol. The summed E-state index contributed by atoms with van der Waals surface area (Å²) < 4.78 is 5.26. The van der Waals surface area contributed by atoms with Gasteiger partial charge >= 0.3 is 0 Å². The minimum absolute atomic E-state index is 0.100. The summed E-state index contributed by atoms with van der Waals surface area (Å²) in [6.45, 7) is 6.40. The van der Waals surface area contributed by atoms with Crippen LogP contribution in [0.4, 0.5) is 0 Å². The van der Waals surface area contributed by atoms with Gasteiger partial charge in [0.05, 0.1) is 12.6 Å². The van der Waals surface area contributed by atoms with Gasteiger partial charge in [-0.3, -0.25) is 4.79 Å². The maximum atomic E-state index is 11.7. The maximum absolute atomic E-state index is 11.7. The topological polar surface area (TPSA) is 50.4 Å². The van der Waals surface area contributed by atoms with E-state index < -0.39 is 0 Å². The molecule has 1 amide bonds. The molecule has 0 spiro atoms. The quantitative estimate of drug-likeness (QED) is 0.641. The first-order valence-electron chi connectivity index (χ1n) is 6.35. The second-order valence-electron chi connectivity index (χ2n) is 4.45. The zero-order valence-corrected chi connectivity index (χ0v) is 10.4. The van der Waals surface area contributed by atoms with Gasteiger partial charge in [0.25, 0.3) is 0 Å². The van der Waals surface area contributed by atoms with Crippen LogP contribution in [0.3, 0.4) is 0 Å². The molecule has 2 N–H and O–H groups in total. The van der Waals surface area contributed by atoms with Gasteiger partial charge in [0.15, 0.2) is 0 Å². The maximum Gasteiger partial charge on any atom is 0.236 e. The third-order valence-corrected chi connectivity index (χ3v) is 2.89. The molecule has 1 aliphatic heterocycles. The molecule has 4 heteroatoms. The third-order valence-electron chi connectivity index (χ3n) is 2.89. The standard InChI is InChI=1S/C12H24N2O2/c1-3-4-5-7-13-12(15)10(2)14-11-6-8-16-9-11/h10-11,14H,3-9H2,1-2H3,(H,13,15). The monoisotopic (exact) mass is 228 g/mol. The highest BCUT2D eigenvalue weighted by molar-refractivity contribution is 5.81. The first-order valence-corrected chi connectivity index (χ1v) is 6.35. The smallest absolute Gasteiger partial charge is 0.236 e. The Balaban J connectivity index is 2.09. The van der Waals surface area contributed by atoms with E-state index in [0.29, 0.717) is 6.04 Å². The zero-order chi connectivity index (χ0) is 11.8. The van der Waals surface area contributed by atoms with Crippen molar-refractivity contribution in [2.75, 3.05) is 19.8 Å². The lowest BCUT2D eigenvalue weighted by atomic mass is 10.2. The van der Waals surface area contributed by atoms with Crippen LogP contribution >= 0.6 is 0 Å². The number of carbonyl (C=O) groups is 1. The van der Waals surface area contributed by atoms with Crippen LogP contribution in [0, 0.1) is 0 Å². The highest BCUT2D eigenvalue weighted by Crippen LogP contribution is 2.04. The summed E-state index contributed by atoms with van der Waals surface area (Å²) in [5.41, 5.74) is 0. The van der Waals surface area contributed by atoms with E-state index in [1.165, 1.54) is 12.8 Å². The normalized spacial score (nSPS) is 22.0. The summed E-state index contributed by atoms with van der Waals surface area (Å²) in [6, 6.07) is 0.227. The summed E-state index contributed by atoms with van der Waals surface area (Å²) in [4.78, 5) is 11.7. The van der Waals surface area contributed by atoms with Crippen LogP contribution in [0.15, 0.2) is 0 Å². The van der Waals surface area contributed by atoms with E-state index in [1.54, 1.807) is 0 Å². The number of hydrogen-bond acceptors (Lipinski definition) is 3. The first kappa shape index (κ1) is 13.5. The van der Waals surface area contributed by atoms with E-state index in [-0.39, 0.29) is 11.9 Å². The molecule has 0 saturated carbocycles. The average molecular weight is 228 g/mol. The lowest BCUT2D eigenvalue weighted by molar-refractivity contribution is -0.122. The lowest BCUT2D eigenvalue weighted by Gasteiger charge is -2.17. The van der Waals surface area contributed by atoms with Crippen molar-refractivity contribution in [2.24, 2.45) is 0 Å². The van der Waals surface area contributed by atoms with Crippen molar-refractivity contribution in [3.63, 3.8) is 0 Å². The molecule has 0 aromatic heterocycles. The Bertz CT molecular complexity index is 203. The highest BCUT2D eigenvalue weighted by atomic mass is 16.5. The van der Waals surface area contributed by atoms with Crippen molar-refractivity contribution in [3.8, 4) is 0 Å².